The zero-order valence-corrected chi connectivity index (χ0v) is 8.14. The Morgan fingerprint density at radius 1 is 1.14 bits per heavy atom. The van der Waals surface area contributed by atoms with Crippen LogP contribution in [0.2, 0.25) is 0 Å². The summed E-state index contributed by atoms with van der Waals surface area (Å²) in [6.45, 7) is 2.01. The first kappa shape index (κ1) is 8.88. The lowest BCUT2D eigenvalue weighted by Gasteiger charge is -2.01. The molecular formula is C12H12N2. The van der Waals surface area contributed by atoms with Gasteiger partial charge in [0.15, 0.2) is 0 Å². The highest BCUT2D eigenvalue weighted by Crippen LogP contribution is 2.08. The highest BCUT2D eigenvalue weighted by molar-refractivity contribution is 5.23. The maximum absolute atomic E-state index is 4.17. The van der Waals surface area contributed by atoms with Crippen LogP contribution in [0, 0.1) is 6.92 Å². The summed E-state index contributed by atoms with van der Waals surface area (Å²) in [5.74, 6) is 0. The van der Waals surface area contributed by atoms with Gasteiger partial charge in [-0.25, -0.2) is 0 Å². The zero-order valence-electron chi connectivity index (χ0n) is 8.14. The summed E-state index contributed by atoms with van der Waals surface area (Å²) in [6, 6.07) is 8.19. The lowest BCUT2D eigenvalue weighted by molar-refractivity contribution is 1.10. The molecule has 0 aliphatic heterocycles. The van der Waals surface area contributed by atoms with Gasteiger partial charge in [0.1, 0.15) is 0 Å². The molecule has 0 amide bonds. The van der Waals surface area contributed by atoms with Crippen molar-refractivity contribution in [3.63, 3.8) is 0 Å². The van der Waals surface area contributed by atoms with E-state index in [0.717, 1.165) is 12.1 Å². The van der Waals surface area contributed by atoms with Gasteiger partial charge in [0.25, 0.3) is 0 Å². The predicted molar refractivity (Wildman–Crippen MR) is 56.0 cm³/mol. The van der Waals surface area contributed by atoms with Crippen LogP contribution in [0.4, 0.5) is 0 Å². The van der Waals surface area contributed by atoms with Crippen molar-refractivity contribution >= 4 is 0 Å². The van der Waals surface area contributed by atoms with Crippen LogP contribution in [0.15, 0.2) is 42.9 Å². The lowest BCUT2D eigenvalue weighted by Crippen LogP contribution is -1.90. The Bertz CT molecular complexity index is 410. The Morgan fingerprint density at radius 3 is 2.79 bits per heavy atom. The van der Waals surface area contributed by atoms with Gasteiger partial charge in [-0.15, -0.1) is 0 Å². The van der Waals surface area contributed by atoms with Crippen molar-refractivity contribution in [2.75, 3.05) is 0 Å². The largest absolute Gasteiger partial charge is 0.264 e. The van der Waals surface area contributed by atoms with Crippen LogP contribution in [-0.4, -0.2) is 9.97 Å². The Labute approximate surface area is 83.7 Å². The Balaban J connectivity index is 2.19. The lowest BCUT2D eigenvalue weighted by atomic mass is 10.1. The molecule has 0 spiro atoms. The van der Waals surface area contributed by atoms with Gasteiger partial charge in [-0.05, 0) is 42.7 Å². The van der Waals surface area contributed by atoms with Gasteiger partial charge < -0.3 is 0 Å². The summed E-state index contributed by atoms with van der Waals surface area (Å²) >= 11 is 0. The second kappa shape index (κ2) is 4.01. The van der Waals surface area contributed by atoms with Crippen molar-refractivity contribution in [3.8, 4) is 0 Å². The van der Waals surface area contributed by atoms with Gasteiger partial charge in [0, 0.05) is 24.3 Å². The number of aromatic nitrogens is 2. The Morgan fingerprint density at radius 2 is 2.07 bits per heavy atom. The molecule has 0 fully saturated rings. The van der Waals surface area contributed by atoms with E-state index in [2.05, 4.69) is 22.1 Å². The summed E-state index contributed by atoms with van der Waals surface area (Å²) < 4.78 is 0. The van der Waals surface area contributed by atoms with E-state index in [1.807, 2.05) is 31.5 Å². The highest BCUT2D eigenvalue weighted by Gasteiger charge is 1.96. The van der Waals surface area contributed by atoms with E-state index in [4.69, 9.17) is 0 Å². The predicted octanol–water partition coefficient (Wildman–Crippen LogP) is 2.38. The van der Waals surface area contributed by atoms with E-state index in [0.29, 0.717) is 0 Å². The van der Waals surface area contributed by atoms with E-state index in [9.17, 15) is 0 Å². The summed E-state index contributed by atoms with van der Waals surface area (Å²) in [5.41, 5.74) is 3.58. The molecule has 0 aromatic carbocycles. The molecule has 0 bridgehead atoms. The zero-order chi connectivity index (χ0) is 9.80. The minimum Gasteiger partial charge on any atom is -0.264 e. The molecule has 14 heavy (non-hydrogen) atoms. The van der Waals surface area contributed by atoms with Crippen molar-refractivity contribution in [1.82, 2.24) is 9.97 Å². The molecule has 2 rings (SSSR count). The Kier molecular flexibility index (Phi) is 2.54. The van der Waals surface area contributed by atoms with Gasteiger partial charge in [-0.3, -0.25) is 9.97 Å². The minimum atomic E-state index is 0.928. The van der Waals surface area contributed by atoms with Crippen LogP contribution in [0.25, 0.3) is 0 Å². The summed E-state index contributed by atoms with van der Waals surface area (Å²) in [4.78, 5) is 8.25. The first-order valence-corrected chi connectivity index (χ1v) is 4.65. The van der Waals surface area contributed by atoms with Gasteiger partial charge in [0.2, 0.25) is 0 Å². The molecule has 0 saturated heterocycles. The number of pyridine rings is 2. The summed E-state index contributed by atoms with van der Waals surface area (Å²) in [6.07, 6.45) is 6.47. The number of rotatable bonds is 2. The van der Waals surface area contributed by atoms with Crippen LogP contribution in [-0.2, 0) is 6.42 Å². The monoisotopic (exact) mass is 184 g/mol. The van der Waals surface area contributed by atoms with Crippen LogP contribution in [0.5, 0.6) is 0 Å². The molecule has 2 aromatic rings. The molecule has 2 aromatic heterocycles. The molecule has 0 aliphatic rings. The number of aryl methyl sites for hydroxylation is 1. The smallest absolute Gasteiger partial charge is 0.0375 e. The maximum atomic E-state index is 4.17. The molecule has 0 unspecified atom stereocenters. The van der Waals surface area contributed by atoms with Crippen molar-refractivity contribution in [1.29, 1.82) is 0 Å². The van der Waals surface area contributed by atoms with E-state index < -0.39 is 0 Å². The van der Waals surface area contributed by atoms with Crippen molar-refractivity contribution in [2.45, 2.75) is 13.3 Å². The summed E-state index contributed by atoms with van der Waals surface area (Å²) in [7, 11) is 0. The average molecular weight is 184 g/mol. The van der Waals surface area contributed by atoms with E-state index in [-0.39, 0.29) is 0 Å². The van der Waals surface area contributed by atoms with Gasteiger partial charge in [0.05, 0.1) is 0 Å². The first-order valence-electron chi connectivity index (χ1n) is 4.65. The van der Waals surface area contributed by atoms with Crippen molar-refractivity contribution in [3.05, 3.63) is 59.7 Å². The molecule has 2 nitrogen and oxygen atoms in total. The quantitative estimate of drug-likeness (QED) is 0.716. The number of hydrogen-bond donors (Lipinski definition) is 0. The van der Waals surface area contributed by atoms with E-state index >= 15 is 0 Å². The van der Waals surface area contributed by atoms with E-state index in [1.54, 1.807) is 6.20 Å². The third-order valence-corrected chi connectivity index (χ3v) is 2.09. The molecule has 2 heterocycles. The van der Waals surface area contributed by atoms with Crippen molar-refractivity contribution in [2.24, 2.45) is 0 Å². The maximum Gasteiger partial charge on any atom is 0.0375 e. The van der Waals surface area contributed by atoms with Gasteiger partial charge in [-0.2, -0.15) is 0 Å². The fourth-order valence-corrected chi connectivity index (χ4v) is 1.45. The van der Waals surface area contributed by atoms with E-state index in [1.165, 1.54) is 11.1 Å². The van der Waals surface area contributed by atoms with Crippen LogP contribution < -0.4 is 0 Å². The van der Waals surface area contributed by atoms with Crippen molar-refractivity contribution < 1.29 is 0 Å². The SMILES string of the molecule is Cc1cc(Cc2cccnc2)ccn1. The number of hydrogen-bond acceptors (Lipinski definition) is 2. The molecular weight excluding hydrogens is 172 g/mol. The minimum absolute atomic E-state index is 0.928. The molecule has 0 atom stereocenters. The third kappa shape index (κ3) is 2.16. The van der Waals surface area contributed by atoms with Crippen LogP contribution in [0.3, 0.4) is 0 Å². The highest BCUT2D eigenvalue weighted by atomic mass is 14.6. The van der Waals surface area contributed by atoms with Crippen LogP contribution >= 0.6 is 0 Å². The standard InChI is InChI=1S/C12H12N2/c1-10-7-11(4-6-14-10)8-12-3-2-5-13-9-12/h2-7,9H,8H2,1H3. The first-order chi connectivity index (χ1) is 6.84. The summed E-state index contributed by atoms with van der Waals surface area (Å²) in [5, 5.41) is 0. The molecule has 0 aliphatic carbocycles. The van der Waals surface area contributed by atoms with Crippen LogP contribution in [0.1, 0.15) is 16.8 Å². The Hall–Kier alpha value is -1.70. The third-order valence-electron chi connectivity index (χ3n) is 2.09. The molecule has 70 valence electrons. The average Bonchev–Trinajstić information content (AvgIpc) is 2.19. The molecule has 0 radical (unpaired) electrons. The number of nitrogens with zero attached hydrogens (tertiary/aromatic N) is 2. The normalized spacial score (nSPS) is 10.1. The fourth-order valence-electron chi connectivity index (χ4n) is 1.45. The molecule has 0 saturated carbocycles. The fraction of sp³-hybridized carbons (Fsp3) is 0.167. The second-order valence-corrected chi connectivity index (χ2v) is 3.34. The van der Waals surface area contributed by atoms with Gasteiger partial charge in [-0.1, -0.05) is 6.07 Å². The van der Waals surface area contributed by atoms with Gasteiger partial charge >= 0.3 is 0 Å². The second-order valence-electron chi connectivity index (χ2n) is 3.34. The molecule has 2 heteroatoms. The topological polar surface area (TPSA) is 25.8 Å². The molecule has 0 N–H and O–H groups in total.